The van der Waals surface area contributed by atoms with Crippen LogP contribution in [0.5, 0.6) is 5.75 Å². The van der Waals surface area contributed by atoms with Crippen molar-refractivity contribution in [3.05, 3.63) is 29.8 Å². The van der Waals surface area contributed by atoms with Gasteiger partial charge in [0.15, 0.2) is 11.6 Å². The number of hydrogen-bond donors (Lipinski definition) is 1. The summed E-state index contributed by atoms with van der Waals surface area (Å²) >= 11 is 0. The smallest absolute Gasteiger partial charge is 0.200 e. The predicted octanol–water partition coefficient (Wildman–Crippen LogP) is 2.98. The molecular weight excluding hydrogens is 224 g/mol. The Bertz CT molecular complexity index is 355. The molecular formula is C13H19F2NO. The summed E-state index contributed by atoms with van der Waals surface area (Å²) < 4.78 is 31.5. The van der Waals surface area contributed by atoms with E-state index in [1.54, 1.807) is 0 Å². The number of ether oxygens (including phenoxy) is 1. The Morgan fingerprint density at radius 3 is 2.53 bits per heavy atom. The minimum absolute atomic E-state index is 0.0381. The van der Waals surface area contributed by atoms with Crippen LogP contribution in [0, 0.1) is 17.6 Å². The largest absolute Gasteiger partial charge is 0.486 e. The molecule has 1 aromatic rings. The first-order valence-corrected chi connectivity index (χ1v) is 5.82. The Morgan fingerprint density at radius 1 is 1.18 bits per heavy atom. The van der Waals surface area contributed by atoms with E-state index in [-0.39, 0.29) is 11.9 Å². The molecule has 0 aliphatic rings. The highest BCUT2D eigenvalue weighted by molar-refractivity contribution is 5.25. The Hall–Kier alpha value is -1.16. The molecule has 2 nitrogen and oxygen atoms in total. The molecule has 0 aliphatic heterocycles. The molecule has 1 N–H and O–H groups in total. The van der Waals surface area contributed by atoms with E-state index in [2.05, 4.69) is 19.2 Å². The predicted molar refractivity (Wildman–Crippen MR) is 64.2 cm³/mol. The van der Waals surface area contributed by atoms with Crippen LogP contribution in [0.15, 0.2) is 18.2 Å². The van der Waals surface area contributed by atoms with Crippen molar-refractivity contribution in [1.82, 2.24) is 5.32 Å². The van der Waals surface area contributed by atoms with Gasteiger partial charge >= 0.3 is 0 Å². The van der Waals surface area contributed by atoms with Crippen LogP contribution in [0.4, 0.5) is 8.78 Å². The van der Waals surface area contributed by atoms with Gasteiger partial charge in [0.1, 0.15) is 6.10 Å². The monoisotopic (exact) mass is 243 g/mol. The quantitative estimate of drug-likeness (QED) is 0.829. The third-order valence-corrected chi connectivity index (χ3v) is 2.23. The lowest BCUT2D eigenvalue weighted by molar-refractivity contribution is 0.204. The standard InChI is InChI=1S/C13H19F2NO/c1-9(2)7-16-8-10(3)17-12-6-4-5-11(14)13(12)15/h4-6,9-10,16H,7-8H2,1-3H3. The van der Waals surface area contributed by atoms with Gasteiger partial charge in [0.05, 0.1) is 0 Å². The Labute approximate surface area is 101 Å². The van der Waals surface area contributed by atoms with Gasteiger partial charge < -0.3 is 10.1 Å². The first kappa shape index (κ1) is 13.9. The van der Waals surface area contributed by atoms with Crippen LogP contribution < -0.4 is 10.1 Å². The van der Waals surface area contributed by atoms with Crippen LogP contribution >= 0.6 is 0 Å². The highest BCUT2D eigenvalue weighted by atomic mass is 19.2. The topological polar surface area (TPSA) is 21.3 Å². The maximum Gasteiger partial charge on any atom is 0.200 e. The molecule has 0 saturated heterocycles. The van der Waals surface area contributed by atoms with Gasteiger partial charge in [-0.15, -0.1) is 0 Å². The van der Waals surface area contributed by atoms with Crippen molar-refractivity contribution < 1.29 is 13.5 Å². The lowest BCUT2D eigenvalue weighted by Crippen LogP contribution is -2.31. The van der Waals surface area contributed by atoms with Gasteiger partial charge in [-0.3, -0.25) is 0 Å². The molecule has 4 heteroatoms. The first-order chi connectivity index (χ1) is 8.00. The second kappa shape index (κ2) is 6.55. The van der Waals surface area contributed by atoms with Crippen LogP contribution in [-0.2, 0) is 0 Å². The Balaban J connectivity index is 2.45. The fraction of sp³-hybridized carbons (Fsp3) is 0.538. The highest BCUT2D eigenvalue weighted by Crippen LogP contribution is 2.20. The van der Waals surface area contributed by atoms with E-state index in [1.165, 1.54) is 12.1 Å². The van der Waals surface area contributed by atoms with Gasteiger partial charge in [0, 0.05) is 6.54 Å². The highest BCUT2D eigenvalue weighted by Gasteiger charge is 2.11. The number of nitrogens with one attached hydrogen (secondary N) is 1. The SMILES string of the molecule is CC(C)CNCC(C)Oc1cccc(F)c1F. The maximum atomic E-state index is 13.3. The van der Waals surface area contributed by atoms with Crippen molar-refractivity contribution in [1.29, 1.82) is 0 Å². The van der Waals surface area contributed by atoms with Crippen molar-refractivity contribution in [2.24, 2.45) is 5.92 Å². The van der Waals surface area contributed by atoms with Gasteiger partial charge in [-0.05, 0) is 31.5 Å². The zero-order valence-electron chi connectivity index (χ0n) is 10.5. The average Bonchev–Trinajstić information content (AvgIpc) is 2.24. The molecule has 0 aromatic heterocycles. The van der Waals surface area contributed by atoms with Gasteiger partial charge in [-0.1, -0.05) is 19.9 Å². The summed E-state index contributed by atoms with van der Waals surface area (Å²) in [6.45, 7) is 7.50. The normalized spacial score (nSPS) is 12.8. The van der Waals surface area contributed by atoms with Crippen molar-refractivity contribution >= 4 is 0 Å². The van der Waals surface area contributed by atoms with Crippen molar-refractivity contribution in [3.63, 3.8) is 0 Å². The average molecular weight is 243 g/mol. The van der Waals surface area contributed by atoms with Crippen LogP contribution in [0.2, 0.25) is 0 Å². The number of benzene rings is 1. The summed E-state index contributed by atoms with van der Waals surface area (Å²) in [6, 6.07) is 3.93. The zero-order chi connectivity index (χ0) is 12.8. The minimum Gasteiger partial charge on any atom is -0.486 e. The molecule has 0 spiro atoms. The fourth-order valence-corrected chi connectivity index (χ4v) is 1.41. The molecule has 0 bridgehead atoms. The molecule has 17 heavy (non-hydrogen) atoms. The molecule has 0 fully saturated rings. The molecule has 1 aromatic carbocycles. The molecule has 0 saturated carbocycles. The third kappa shape index (κ3) is 4.69. The molecule has 1 rings (SSSR count). The molecule has 96 valence electrons. The van der Waals surface area contributed by atoms with E-state index in [4.69, 9.17) is 4.74 Å². The lowest BCUT2D eigenvalue weighted by atomic mass is 10.2. The molecule has 0 radical (unpaired) electrons. The molecule has 0 aliphatic carbocycles. The van der Waals surface area contributed by atoms with E-state index in [0.717, 1.165) is 12.6 Å². The van der Waals surface area contributed by atoms with Crippen LogP contribution in [-0.4, -0.2) is 19.2 Å². The number of hydrogen-bond acceptors (Lipinski definition) is 2. The Morgan fingerprint density at radius 2 is 1.88 bits per heavy atom. The lowest BCUT2D eigenvalue weighted by Gasteiger charge is -2.16. The molecule has 0 heterocycles. The van der Waals surface area contributed by atoms with E-state index >= 15 is 0 Å². The minimum atomic E-state index is -0.928. The summed E-state index contributed by atoms with van der Waals surface area (Å²) in [6.07, 6.45) is -0.204. The van der Waals surface area contributed by atoms with Crippen LogP contribution in [0.1, 0.15) is 20.8 Å². The number of halogens is 2. The first-order valence-electron chi connectivity index (χ1n) is 5.82. The van der Waals surface area contributed by atoms with E-state index in [1.807, 2.05) is 6.92 Å². The van der Waals surface area contributed by atoms with Crippen molar-refractivity contribution in [3.8, 4) is 5.75 Å². The molecule has 0 amide bonds. The summed E-state index contributed by atoms with van der Waals surface area (Å²) in [7, 11) is 0. The molecule has 1 atom stereocenters. The summed E-state index contributed by atoms with van der Waals surface area (Å²) in [5, 5.41) is 3.20. The second-order valence-electron chi connectivity index (χ2n) is 4.53. The van der Waals surface area contributed by atoms with Gasteiger partial charge in [-0.2, -0.15) is 4.39 Å². The molecule has 1 unspecified atom stereocenters. The van der Waals surface area contributed by atoms with Gasteiger partial charge in [0.25, 0.3) is 0 Å². The zero-order valence-corrected chi connectivity index (χ0v) is 10.5. The third-order valence-electron chi connectivity index (χ3n) is 2.23. The van der Waals surface area contributed by atoms with E-state index < -0.39 is 11.6 Å². The van der Waals surface area contributed by atoms with Crippen LogP contribution in [0.3, 0.4) is 0 Å². The maximum absolute atomic E-state index is 13.3. The van der Waals surface area contributed by atoms with Crippen LogP contribution in [0.25, 0.3) is 0 Å². The summed E-state index contributed by atoms with van der Waals surface area (Å²) in [5.74, 6) is -1.30. The van der Waals surface area contributed by atoms with Crippen molar-refractivity contribution in [2.45, 2.75) is 26.9 Å². The Kier molecular flexibility index (Phi) is 5.35. The number of rotatable bonds is 6. The summed E-state index contributed by atoms with van der Waals surface area (Å²) in [4.78, 5) is 0. The van der Waals surface area contributed by atoms with Crippen molar-refractivity contribution in [2.75, 3.05) is 13.1 Å². The fourth-order valence-electron chi connectivity index (χ4n) is 1.41. The summed E-state index contributed by atoms with van der Waals surface area (Å²) in [5.41, 5.74) is 0. The van der Waals surface area contributed by atoms with E-state index in [9.17, 15) is 8.78 Å². The van der Waals surface area contributed by atoms with Gasteiger partial charge in [0.2, 0.25) is 5.82 Å². The van der Waals surface area contributed by atoms with Gasteiger partial charge in [-0.25, -0.2) is 4.39 Å². The second-order valence-corrected chi connectivity index (χ2v) is 4.53. The van der Waals surface area contributed by atoms with E-state index in [0.29, 0.717) is 12.5 Å².